The smallest absolute Gasteiger partial charge is 0.407 e. The lowest BCUT2D eigenvalue weighted by Gasteiger charge is -2.30. The van der Waals surface area contributed by atoms with E-state index in [-0.39, 0.29) is 19.6 Å². The van der Waals surface area contributed by atoms with Crippen molar-refractivity contribution in [1.82, 2.24) is 34.2 Å². The molecule has 5 rings (SSSR count). The van der Waals surface area contributed by atoms with Gasteiger partial charge in [-0.05, 0) is 49.2 Å². The lowest BCUT2D eigenvalue weighted by atomic mass is 10.1. The molecule has 1 aliphatic rings. The van der Waals surface area contributed by atoms with E-state index in [0.29, 0.717) is 46.9 Å². The Bertz CT molecular complexity index is 1610. The fraction of sp³-hybridized carbons (Fsp3) is 0.417. The van der Waals surface area contributed by atoms with Crippen molar-refractivity contribution in [2.24, 2.45) is 0 Å². The predicted octanol–water partition coefficient (Wildman–Crippen LogP) is 2.28. The Morgan fingerprint density at radius 2 is 1.92 bits per heavy atom. The molecule has 1 aromatic carbocycles. The summed E-state index contributed by atoms with van der Waals surface area (Å²) in [5, 5.41) is 21.7. The van der Waals surface area contributed by atoms with Crippen molar-refractivity contribution in [3.8, 4) is 21.9 Å². The maximum atomic E-state index is 13.8. The minimum absolute atomic E-state index is 0.0228. The highest BCUT2D eigenvalue weighted by atomic mass is 32.1. The third-order valence-corrected chi connectivity index (χ3v) is 7.85. The Morgan fingerprint density at radius 1 is 1.16 bits per heavy atom. The topological polar surface area (TPSA) is 147 Å². The molecule has 1 fully saturated rings. The molecule has 0 bridgehead atoms. The van der Waals surface area contributed by atoms with Crippen LogP contribution in [-0.4, -0.2) is 72.8 Å². The number of likely N-dealkylation sites (tertiary alicyclic amines) is 1. The molecule has 4 heterocycles. The minimum Gasteiger partial charge on any atom is -0.497 e. The SMILES string of the molecule is CCn1nnc(Cn2c(=O)n(C3CCN(C(=O)O)CC3)c(=O)c3sc(-c4cc(OC)ccc4OC)cc32)n1. The van der Waals surface area contributed by atoms with Gasteiger partial charge in [-0.1, -0.05) is 0 Å². The molecule has 13 nitrogen and oxygen atoms in total. The highest BCUT2D eigenvalue weighted by molar-refractivity contribution is 7.22. The number of nitrogens with zero attached hydrogens (tertiary/aromatic N) is 7. The number of tetrazole rings is 1. The summed E-state index contributed by atoms with van der Waals surface area (Å²) in [4.78, 5) is 42.4. The number of rotatable bonds is 7. The number of amides is 1. The molecule has 0 aliphatic carbocycles. The standard InChI is InChI=1S/C24H27N7O6S/c1-4-30-26-20(25-27-30)13-29-17-12-19(16-11-15(36-2)5-6-18(16)37-3)38-21(17)22(32)31(23(29)33)14-7-9-28(10-8-14)24(34)35/h5-6,11-12,14H,4,7-10,13H2,1-3H3,(H,34,35). The van der Waals surface area contributed by atoms with Crippen molar-refractivity contribution in [3.05, 3.63) is 50.9 Å². The van der Waals surface area contributed by atoms with E-state index in [1.54, 1.807) is 32.4 Å². The zero-order chi connectivity index (χ0) is 27.0. The molecule has 0 atom stereocenters. The fourth-order valence-corrected chi connectivity index (χ4v) is 5.83. The van der Waals surface area contributed by atoms with Gasteiger partial charge in [-0.3, -0.25) is 13.9 Å². The second-order valence-corrected chi connectivity index (χ2v) is 9.88. The van der Waals surface area contributed by atoms with Crippen LogP contribution in [0.4, 0.5) is 4.79 Å². The van der Waals surface area contributed by atoms with Crippen molar-refractivity contribution in [1.29, 1.82) is 0 Å². The van der Waals surface area contributed by atoms with Gasteiger partial charge in [-0.15, -0.1) is 21.5 Å². The second-order valence-electron chi connectivity index (χ2n) is 8.83. The molecule has 14 heteroatoms. The van der Waals surface area contributed by atoms with E-state index in [0.717, 1.165) is 10.4 Å². The first-order chi connectivity index (χ1) is 18.3. The van der Waals surface area contributed by atoms with Crippen LogP contribution in [0.1, 0.15) is 31.6 Å². The highest BCUT2D eigenvalue weighted by Crippen LogP contribution is 2.39. The van der Waals surface area contributed by atoms with Crippen LogP contribution in [0.3, 0.4) is 0 Å². The summed E-state index contributed by atoms with van der Waals surface area (Å²) in [7, 11) is 3.13. The Hall–Kier alpha value is -4.20. The third kappa shape index (κ3) is 4.51. The Balaban J connectivity index is 1.69. The van der Waals surface area contributed by atoms with Crippen molar-refractivity contribution in [3.63, 3.8) is 0 Å². The number of methoxy groups -OCH3 is 2. The molecule has 0 unspecified atom stereocenters. The first-order valence-corrected chi connectivity index (χ1v) is 12.9. The molecule has 1 amide bonds. The summed E-state index contributed by atoms with van der Waals surface area (Å²) >= 11 is 1.26. The van der Waals surface area contributed by atoms with E-state index in [1.807, 2.05) is 13.0 Å². The summed E-state index contributed by atoms with van der Waals surface area (Å²) < 4.78 is 14.1. The van der Waals surface area contributed by atoms with Gasteiger partial charge in [-0.25, -0.2) is 9.59 Å². The normalized spacial score (nSPS) is 14.2. The molecule has 3 aromatic heterocycles. The van der Waals surface area contributed by atoms with E-state index < -0.39 is 23.4 Å². The average Bonchev–Trinajstić information content (AvgIpc) is 3.58. The number of ether oxygens (including phenoxy) is 2. The van der Waals surface area contributed by atoms with Gasteiger partial charge in [0.25, 0.3) is 5.56 Å². The molecule has 1 N–H and O–H groups in total. The fourth-order valence-electron chi connectivity index (χ4n) is 4.71. The number of fused-ring (bicyclic) bond motifs is 1. The van der Waals surface area contributed by atoms with Crippen molar-refractivity contribution in [2.45, 2.75) is 38.9 Å². The predicted molar refractivity (Wildman–Crippen MR) is 139 cm³/mol. The number of hydrogen-bond acceptors (Lipinski definition) is 9. The molecule has 38 heavy (non-hydrogen) atoms. The van der Waals surface area contributed by atoms with Crippen LogP contribution in [-0.2, 0) is 13.1 Å². The molecular weight excluding hydrogens is 514 g/mol. The zero-order valence-corrected chi connectivity index (χ0v) is 22.0. The third-order valence-electron chi connectivity index (χ3n) is 6.70. The first-order valence-electron chi connectivity index (χ1n) is 12.1. The summed E-state index contributed by atoms with van der Waals surface area (Å²) in [5.41, 5.74) is 0.282. The van der Waals surface area contributed by atoms with Gasteiger partial charge >= 0.3 is 11.8 Å². The summed E-state index contributed by atoms with van der Waals surface area (Å²) in [6.07, 6.45) is -0.290. The summed E-state index contributed by atoms with van der Waals surface area (Å²) in [5.74, 6) is 1.56. The minimum atomic E-state index is -1.01. The van der Waals surface area contributed by atoms with E-state index >= 15 is 0 Å². The Kier molecular flexibility index (Phi) is 6.89. The van der Waals surface area contributed by atoms with Crippen LogP contribution in [0.15, 0.2) is 33.9 Å². The van der Waals surface area contributed by atoms with E-state index in [9.17, 15) is 19.5 Å². The van der Waals surface area contributed by atoms with E-state index in [4.69, 9.17) is 9.47 Å². The molecule has 4 aromatic rings. The molecule has 0 saturated carbocycles. The quantitative estimate of drug-likeness (QED) is 0.372. The molecule has 200 valence electrons. The second kappa shape index (κ2) is 10.3. The van der Waals surface area contributed by atoms with Crippen LogP contribution in [0.2, 0.25) is 0 Å². The largest absolute Gasteiger partial charge is 0.497 e. The molecule has 0 radical (unpaired) electrons. The lowest BCUT2D eigenvalue weighted by molar-refractivity contribution is 0.124. The van der Waals surface area contributed by atoms with Gasteiger partial charge in [0.05, 0.1) is 32.8 Å². The zero-order valence-electron chi connectivity index (χ0n) is 21.2. The van der Waals surface area contributed by atoms with Crippen molar-refractivity contribution >= 4 is 27.6 Å². The highest BCUT2D eigenvalue weighted by Gasteiger charge is 2.28. The lowest BCUT2D eigenvalue weighted by Crippen LogP contribution is -2.46. The van der Waals surface area contributed by atoms with Gasteiger partial charge in [0.1, 0.15) is 16.2 Å². The summed E-state index contributed by atoms with van der Waals surface area (Å²) in [6.45, 7) is 2.92. The van der Waals surface area contributed by atoms with Crippen LogP contribution < -0.4 is 20.7 Å². The van der Waals surface area contributed by atoms with Crippen molar-refractivity contribution in [2.75, 3.05) is 27.3 Å². The maximum Gasteiger partial charge on any atom is 0.407 e. The van der Waals surface area contributed by atoms with Gasteiger partial charge in [0, 0.05) is 29.6 Å². The number of carboxylic acid groups (broad SMARTS) is 1. The van der Waals surface area contributed by atoms with Crippen molar-refractivity contribution < 1.29 is 19.4 Å². The monoisotopic (exact) mass is 541 g/mol. The molecule has 0 spiro atoms. The van der Waals surface area contributed by atoms with Crippen LogP contribution >= 0.6 is 11.3 Å². The van der Waals surface area contributed by atoms with Crippen LogP contribution in [0, 0.1) is 0 Å². The number of carbonyl (C=O) groups is 1. The molecule has 1 aliphatic heterocycles. The number of aryl methyl sites for hydroxylation is 1. The molecular formula is C24H27N7O6S. The number of aromatic nitrogens is 6. The van der Waals surface area contributed by atoms with Gasteiger partial charge in [-0.2, -0.15) is 4.80 Å². The maximum absolute atomic E-state index is 13.8. The number of thiophene rings is 1. The Morgan fingerprint density at radius 3 is 2.55 bits per heavy atom. The average molecular weight is 542 g/mol. The van der Waals surface area contributed by atoms with E-state index in [2.05, 4.69) is 15.4 Å². The molecule has 1 saturated heterocycles. The summed E-state index contributed by atoms with van der Waals surface area (Å²) in [6, 6.07) is 6.75. The first kappa shape index (κ1) is 25.4. The van der Waals surface area contributed by atoms with Gasteiger partial charge in [0.2, 0.25) is 0 Å². The number of piperidine rings is 1. The van der Waals surface area contributed by atoms with Gasteiger partial charge < -0.3 is 19.5 Å². The van der Waals surface area contributed by atoms with E-state index in [1.165, 1.54) is 30.2 Å². The van der Waals surface area contributed by atoms with Crippen LogP contribution in [0.5, 0.6) is 11.5 Å². The Labute approximate surface area is 220 Å². The van der Waals surface area contributed by atoms with Gasteiger partial charge in [0.15, 0.2) is 5.82 Å². The van der Waals surface area contributed by atoms with Crippen LogP contribution in [0.25, 0.3) is 20.7 Å². The number of hydrogen-bond donors (Lipinski definition) is 1. The number of benzene rings is 1.